The van der Waals surface area contributed by atoms with E-state index in [2.05, 4.69) is 20.3 Å². The number of aromatic nitrogens is 3. The molecule has 6 heteroatoms. The first kappa shape index (κ1) is 15.7. The van der Waals surface area contributed by atoms with Crippen LogP contribution >= 0.6 is 0 Å². The van der Waals surface area contributed by atoms with Gasteiger partial charge < -0.3 is 16.0 Å². The first-order valence-electron chi connectivity index (χ1n) is 7.73. The molecule has 1 aromatic carbocycles. The molecular formula is C18H19N5O. The van der Waals surface area contributed by atoms with E-state index in [1.807, 2.05) is 44.2 Å². The van der Waals surface area contributed by atoms with Gasteiger partial charge in [-0.05, 0) is 31.5 Å². The molecule has 1 amide bonds. The summed E-state index contributed by atoms with van der Waals surface area (Å²) in [7, 11) is 0. The van der Waals surface area contributed by atoms with Crippen LogP contribution in [-0.2, 0) is 0 Å². The van der Waals surface area contributed by atoms with E-state index in [4.69, 9.17) is 5.73 Å². The number of carbonyl (C=O) groups excluding carboxylic acids is 1. The zero-order valence-corrected chi connectivity index (χ0v) is 13.6. The summed E-state index contributed by atoms with van der Waals surface area (Å²) in [6.45, 7) is 3.86. The molecule has 3 rings (SSSR count). The van der Waals surface area contributed by atoms with Crippen LogP contribution < -0.4 is 11.1 Å². The Hall–Kier alpha value is -3.15. The van der Waals surface area contributed by atoms with E-state index in [9.17, 15) is 4.79 Å². The SMILES string of the molecule is CC(C)NC(=O)c1cc(-c2ccnc(N)n2)[nH]c1-c1ccccc1. The maximum atomic E-state index is 12.6. The summed E-state index contributed by atoms with van der Waals surface area (Å²) in [5.41, 5.74) is 9.28. The summed E-state index contributed by atoms with van der Waals surface area (Å²) < 4.78 is 0. The fourth-order valence-corrected chi connectivity index (χ4v) is 2.47. The van der Waals surface area contributed by atoms with Crippen molar-refractivity contribution >= 4 is 11.9 Å². The standard InChI is InChI=1S/C18H19N5O/c1-11(2)21-17(24)13-10-15(14-8-9-20-18(19)23-14)22-16(13)12-6-4-3-5-7-12/h3-11,22H,1-2H3,(H,21,24)(H2,19,20,23). The van der Waals surface area contributed by atoms with Gasteiger partial charge in [-0.2, -0.15) is 0 Å². The highest BCUT2D eigenvalue weighted by atomic mass is 16.1. The molecule has 0 spiro atoms. The molecule has 0 radical (unpaired) electrons. The Morgan fingerprint density at radius 2 is 1.96 bits per heavy atom. The Morgan fingerprint density at radius 3 is 2.62 bits per heavy atom. The van der Waals surface area contributed by atoms with Crippen LogP contribution in [0.25, 0.3) is 22.6 Å². The van der Waals surface area contributed by atoms with E-state index in [1.54, 1.807) is 18.3 Å². The summed E-state index contributed by atoms with van der Waals surface area (Å²) in [4.78, 5) is 24.0. The molecule has 4 N–H and O–H groups in total. The normalized spacial score (nSPS) is 10.8. The number of hydrogen-bond acceptors (Lipinski definition) is 4. The number of benzene rings is 1. The third kappa shape index (κ3) is 3.27. The maximum absolute atomic E-state index is 12.6. The minimum atomic E-state index is -0.131. The van der Waals surface area contributed by atoms with Crippen LogP contribution in [-0.4, -0.2) is 26.9 Å². The average Bonchev–Trinajstić information content (AvgIpc) is 3.00. The maximum Gasteiger partial charge on any atom is 0.253 e. The molecule has 0 atom stereocenters. The van der Waals surface area contributed by atoms with Crippen molar-refractivity contribution < 1.29 is 4.79 Å². The van der Waals surface area contributed by atoms with E-state index >= 15 is 0 Å². The second kappa shape index (κ2) is 6.54. The average molecular weight is 321 g/mol. The molecule has 0 unspecified atom stereocenters. The summed E-state index contributed by atoms with van der Waals surface area (Å²) in [5, 5.41) is 2.93. The largest absolute Gasteiger partial charge is 0.368 e. The Kier molecular flexibility index (Phi) is 4.29. The number of nitrogen functional groups attached to an aromatic ring is 1. The van der Waals surface area contributed by atoms with Gasteiger partial charge in [0.15, 0.2) is 0 Å². The number of amides is 1. The molecule has 0 aliphatic heterocycles. The highest BCUT2D eigenvalue weighted by molar-refractivity contribution is 6.01. The number of nitrogens with one attached hydrogen (secondary N) is 2. The number of H-pyrrole nitrogens is 1. The third-order valence-electron chi connectivity index (χ3n) is 3.49. The topological polar surface area (TPSA) is 96.7 Å². The van der Waals surface area contributed by atoms with Crippen molar-refractivity contribution in [3.05, 3.63) is 54.2 Å². The van der Waals surface area contributed by atoms with Crippen molar-refractivity contribution in [2.24, 2.45) is 0 Å². The highest BCUT2D eigenvalue weighted by Crippen LogP contribution is 2.28. The van der Waals surface area contributed by atoms with Gasteiger partial charge in [0.05, 0.1) is 22.6 Å². The van der Waals surface area contributed by atoms with Crippen LogP contribution in [0.15, 0.2) is 48.7 Å². The minimum absolute atomic E-state index is 0.0502. The number of carbonyl (C=O) groups is 1. The molecule has 0 saturated carbocycles. The van der Waals surface area contributed by atoms with E-state index in [0.29, 0.717) is 11.3 Å². The minimum Gasteiger partial charge on any atom is -0.368 e. The Bertz CT molecular complexity index is 855. The van der Waals surface area contributed by atoms with E-state index in [0.717, 1.165) is 17.0 Å². The summed E-state index contributed by atoms with van der Waals surface area (Å²) in [6.07, 6.45) is 1.59. The van der Waals surface area contributed by atoms with E-state index in [-0.39, 0.29) is 17.9 Å². The smallest absolute Gasteiger partial charge is 0.253 e. The summed E-state index contributed by atoms with van der Waals surface area (Å²) >= 11 is 0. The second-order valence-corrected chi connectivity index (χ2v) is 5.77. The van der Waals surface area contributed by atoms with Gasteiger partial charge in [0.25, 0.3) is 5.91 Å². The first-order chi connectivity index (χ1) is 11.5. The van der Waals surface area contributed by atoms with Gasteiger partial charge in [-0.3, -0.25) is 4.79 Å². The molecule has 2 heterocycles. The molecule has 0 fully saturated rings. The molecule has 0 saturated heterocycles. The van der Waals surface area contributed by atoms with Crippen molar-refractivity contribution in [1.29, 1.82) is 0 Å². The monoisotopic (exact) mass is 321 g/mol. The van der Waals surface area contributed by atoms with Crippen LogP contribution in [0.5, 0.6) is 0 Å². The Balaban J connectivity index is 2.10. The van der Waals surface area contributed by atoms with Gasteiger partial charge in [-0.25, -0.2) is 9.97 Å². The number of nitrogens with zero attached hydrogens (tertiary/aromatic N) is 2. The van der Waals surface area contributed by atoms with Crippen LogP contribution in [0.3, 0.4) is 0 Å². The lowest BCUT2D eigenvalue weighted by Crippen LogP contribution is -2.30. The van der Waals surface area contributed by atoms with Crippen molar-refractivity contribution in [3.63, 3.8) is 0 Å². The number of anilines is 1. The summed E-state index contributed by atoms with van der Waals surface area (Å²) in [6, 6.07) is 13.3. The lowest BCUT2D eigenvalue weighted by molar-refractivity contribution is 0.0944. The molecule has 24 heavy (non-hydrogen) atoms. The number of rotatable bonds is 4. The van der Waals surface area contributed by atoms with Crippen molar-refractivity contribution in [3.8, 4) is 22.6 Å². The van der Waals surface area contributed by atoms with Gasteiger partial charge in [-0.15, -0.1) is 0 Å². The van der Waals surface area contributed by atoms with E-state index < -0.39 is 0 Å². The van der Waals surface area contributed by atoms with Crippen LogP contribution in [0, 0.1) is 0 Å². The molecule has 2 aromatic heterocycles. The lowest BCUT2D eigenvalue weighted by Gasteiger charge is -2.09. The van der Waals surface area contributed by atoms with Gasteiger partial charge >= 0.3 is 0 Å². The Labute approximate surface area is 140 Å². The molecular weight excluding hydrogens is 302 g/mol. The Morgan fingerprint density at radius 1 is 1.21 bits per heavy atom. The fraction of sp³-hybridized carbons (Fsp3) is 0.167. The highest BCUT2D eigenvalue weighted by Gasteiger charge is 2.18. The van der Waals surface area contributed by atoms with Crippen molar-refractivity contribution in [1.82, 2.24) is 20.3 Å². The van der Waals surface area contributed by atoms with Gasteiger partial charge in [0.1, 0.15) is 0 Å². The molecule has 3 aromatic rings. The fourth-order valence-electron chi connectivity index (χ4n) is 2.47. The first-order valence-corrected chi connectivity index (χ1v) is 7.73. The lowest BCUT2D eigenvalue weighted by atomic mass is 10.1. The van der Waals surface area contributed by atoms with Crippen molar-refractivity contribution in [2.75, 3.05) is 5.73 Å². The van der Waals surface area contributed by atoms with Crippen LogP contribution in [0.2, 0.25) is 0 Å². The van der Waals surface area contributed by atoms with Crippen LogP contribution in [0.4, 0.5) is 5.95 Å². The molecule has 6 nitrogen and oxygen atoms in total. The van der Waals surface area contributed by atoms with Gasteiger partial charge in [0, 0.05) is 12.2 Å². The predicted molar refractivity (Wildman–Crippen MR) is 94.3 cm³/mol. The zero-order chi connectivity index (χ0) is 17.1. The number of aromatic amines is 1. The molecule has 122 valence electrons. The second-order valence-electron chi connectivity index (χ2n) is 5.77. The van der Waals surface area contributed by atoms with Crippen LogP contribution in [0.1, 0.15) is 24.2 Å². The quantitative estimate of drug-likeness (QED) is 0.688. The van der Waals surface area contributed by atoms with Crippen molar-refractivity contribution in [2.45, 2.75) is 19.9 Å². The molecule has 0 aliphatic carbocycles. The number of hydrogen-bond donors (Lipinski definition) is 3. The zero-order valence-electron chi connectivity index (χ0n) is 13.6. The third-order valence-corrected chi connectivity index (χ3v) is 3.49. The van der Waals surface area contributed by atoms with E-state index in [1.165, 1.54) is 0 Å². The molecule has 0 bridgehead atoms. The predicted octanol–water partition coefficient (Wildman–Crippen LogP) is 2.86. The molecule has 0 aliphatic rings. The summed E-state index contributed by atoms with van der Waals surface area (Å²) in [5.74, 6) is 0.0601. The van der Waals surface area contributed by atoms with Gasteiger partial charge in [0.2, 0.25) is 5.95 Å². The number of nitrogens with two attached hydrogens (primary N) is 1. The van der Waals surface area contributed by atoms with Gasteiger partial charge in [-0.1, -0.05) is 30.3 Å².